The average molecular weight is 497 g/mol. The van der Waals surface area contributed by atoms with Gasteiger partial charge in [0, 0.05) is 51.7 Å². The maximum Gasteiger partial charge on any atom is 0.0668 e. The van der Waals surface area contributed by atoms with Crippen LogP contribution in [-0.2, 0) is 0 Å². The van der Waals surface area contributed by atoms with Gasteiger partial charge >= 0.3 is 0 Å². The van der Waals surface area contributed by atoms with E-state index < -0.39 is 0 Å². The van der Waals surface area contributed by atoms with Crippen LogP contribution in [0, 0.1) is 0 Å². The minimum Gasteiger partial charge on any atom is -0.372 e. The number of benzene rings is 2. The van der Waals surface area contributed by atoms with Crippen molar-refractivity contribution in [2.45, 2.75) is 0 Å². The fraction of sp³-hybridized carbons (Fsp3) is 0.130. The van der Waals surface area contributed by atoms with Gasteiger partial charge in [0.15, 0.2) is 0 Å². The number of likely N-dealkylation sites (N-methyl/N-ethyl adjacent to an activating group) is 1. The highest BCUT2D eigenvalue weighted by atomic mass is 79.9. The van der Waals surface area contributed by atoms with Crippen LogP contribution in [0.5, 0.6) is 0 Å². The molecular weight excluding hydrogens is 478 g/mol. The molecule has 0 aliphatic carbocycles. The van der Waals surface area contributed by atoms with Crippen LogP contribution in [0.2, 0.25) is 0 Å². The monoisotopic (exact) mass is 495 g/mol. The van der Waals surface area contributed by atoms with Crippen molar-refractivity contribution in [2.75, 3.05) is 25.0 Å². The van der Waals surface area contributed by atoms with Crippen LogP contribution in [0.25, 0.3) is 17.2 Å². The van der Waals surface area contributed by atoms with E-state index in [1.54, 1.807) is 0 Å². The van der Waals surface area contributed by atoms with E-state index in [1.165, 1.54) is 5.69 Å². The molecule has 28 heavy (non-hydrogen) atoms. The predicted molar refractivity (Wildman–Crippen MR) is 125 cm³/mol. The zero-order chi connectivity index (χ0) is 19.5. The molecule has 0 radical (unpaired) electrons. The summed E-state index contributed by atoms with van der Waals surface area (Å²) in [6.45, 7) is 1.67. The van der Waals surface area contributed by atoms with Gasteiger partial charge in [0.05, 0.1) is 12.3 Å². The third-order valence-electron chi connectivity index (χ3n) is 4.77. The third kappa shape index (κ3) is 4.10. The van der Waals surface area contributed by atoms with Gasteiger partial charge in [-0.05, 0) is 53.6 Å². The van der Waals surface area contributed by atoms with E-state index in [-0.39, 0.29) is 0 Å². The van der Waals surface area contributed by atoms with Gasteiger partial charge < -0.3 is 4.90 Å². The van der Waals surface area contributed by atoms with Crippen LogP contribution in [0.3, 0.4) is 0 Å². The molecule has 1 aromatic heterocycles. The number of allylic oxidation sites excluding steroid dienone is 1. The molecule has 140 valence electrons. The van der Waals surface area contributed by atoms with Crippen molar-refractivity contribution in [3.05, 3.63) is 87.1 Å². The van der Waals surface area contributed by atoms with Gasteiger partial charge in [-0.25, -0.2) is 0 Å². The number of aliphatic imine (C=N–C) groups is 1. The van der Waals surface area contributed by atoms with Gasteiger partial charge in [-0.2, -0.15) is 0 Å². The summed E-state index contributed by atoms with van der Waals surface area (Å²) >= 11 is 7.15. The van der Waals surface area contributed by atoms with Crippen LogP contribution < -0.4 is 4.90 Å². The fourth-order valence-corrected chi connectivity index (χ4v) is 4.08. The Morgan fingerprint density at radius 2 is 1.82 bits per heavy atom. The Hall–Kier alpha value is -2.24. The van der Waals surface area contributed by atoms with E-state index in [1.807, 2.05) is 24.5 Å². The van der Waals surface area contributed by atoms with Gasteiger partial charge in [0.25, 0.3) is 0 Å². The molecule has 2 heterocycles. The molecule has 1 aliphatic heterocycles. The standard InChI is InChI=1S/C23H19Br2N3/c1-28-12-11-27-22(21-7-6-19(25)14-23(21)28)8-5-17-15-26-10-9-20(17)16-3-2-4-18(24)13-16/h2-10,13-15H,11-12H2,1H3. The largest absolute Gasteiger partial charge is 0.372 e. The van der Waals surface area contributed by atoms with Crippen LogP contribution >= 0.6 is 31.9 Å². The first-order valence-electron chi connectivity index (χ1n) is 9.05. The molecule has 0 atom stereocenters. The van der Waals surface area contributed by atoms with Crippen LogP contribution in [0.15, 0.2) is 80.9 Å². The lowest BCUT2D eigenvalue weighted by molar-refractivity contribution is 0.896. The number of fused-ring (bicyclic) bond motifs is 1. The summed E-state index contributed by atoms with van der Waals surface area (Å²) in [7, 11) is 2.11. The van der Waals surface area contributed by atoms with Crippen molar-refractivity contribution in [3.63, 3.8) is 0 Å². The molecule has 3 aromatic rings. The number of aromatic nitrogens is 1. The number of pyridine rings is 1. The highest BCUT2D eigenvalue weighted by Gasteiger charge is 2.15. The molecule has 3 nitrogen and oxygen atoms in total. The maximum atomic E-state index is 4.82. The van der Waals surface area contributed by atoms with Crippen molar-refractivity contribution in [1.82, 2.24) is 4.98 Å². The SMILES string of the molecule is CN1CCN=C(C=Cc2cnccc2-c2cccc(Br)c2)c2ccc(Br)cc21. The van der Waals surface area contributed by atoms with Gasteiger partial charge in [-0.15, -0.1) is 0 Å². The lowest BCUT2D eigenvalue weighted by Gasteiger charge is -2.19. The average Bonchev–Trinajstić information content (AvgIpc) is 2.85. The van der Waals surface area contributed by atoms with E-state index in [9.17, 15) is 0 Å². The summed E-state index contributed by atoms with van der Waals surface area (Å²) in [4.78, 5) is 11.4. The molecule has 0 unspecified atom stereocenters. The van der Waals surface area contributed by atoms with Crippen molar-refractivity contribution in [3.8, 4) is 11.1 Å². The first-order chi connectivity index (χ1) is 13.6. The summed E-state index contributed by atoms with van der Waals surface area (Å²) in [6.07, 6.45) is 7.95. The molecule has 0 bridgehead atoms. The molecule has 0 spiro atoms. The molecule has 1 aliphatic rings. The second kappa shape index (κ2) is 8.41. The summed E-state index contributed by atoms with van der Waals surface area (Å²) in [5, 5.41) is 0. The van der Waals surface area contributed by atoms with Gasteiger partial charge in [-0.3, -0.25) is 9.98 Å². The zero-order valence-electron chi connectivity index (χ0n) is 15.4. The number of anilines is 1. The highest BCUT2D eigenvalue weighted by molar-refractivity contribution is 9.10. The topological polar surface area (TPSA) is 28.5 Å². The van der Waals surface area contributed by atoms with Crippen LogP contribution in [-0.4, -0.2) is 30.8 Å². The van der Waals surface area contributed by atoms with E-state index in [0.29, 0.717) is 0 Å². The number of halogens is 2. The van der Waals surface area contributed by atoms with E-state index in [0.717, 1.165) is 50.0 Å². The summed E-state index contributed by atoms with van der Waals surface area (Å²) in [5.74, 6) is 0. The van der Waals surface area contributed by atoms with Crippen molar-refractivity contribution < 1.29 is 0 Å². The van der Waals surface area contributed by atoms with Crippen LogP contribution in [0.1, 0.15) is 11.1 Å². The quantitative estimate of drug-likeness (QED) is 0.430. The molecule has 0 saturated heterocycles. The Kier molecular flexibility index (Phi) is 5.74. The molecular formula is C23H19Br2N3. The van der Waals surface area contributed by atoms with Crippen molar-refractivity contribution in [2.24, 2.45) is 4.99 Å². The maximum absolute atomic E-state index is 4.82. The van der Waals surface area contributed by atoms with Gasteiger partial charge in [0.1, 0.15) is 0 Å². The third-order valence-corrected chi connectivity index (χ3v) is 5.76. The molecule has 0 amide bonds. The van der Waals surface area contributed by atoms with Crippen molar-refractivity contribution in [1.29, 1.82) is 0 Å². The normalized spacial score (nSPS) is 14.0. The smallest absolute Gasteiger partial charge is 0.0668 e. The first-order valence-corrected chi connectivity index (χ1v) is 10.6. The van der Waals surface area contributed by atoms with Gasteiger partial charge in [0.2, 0.25) is 0 Å². The molecule has 5 heteroatoms. The highest BCUT2D eigenvalue weighted by Crippen LogP contribution is 2.29. The number of hydrogen-bond donors (Lipinski definition) is 0. The zero-order valence-corrected chi connectivity index (χ0v) is 18.6. The Labute approximate surface area is 182 Å². The number of rotatable bonds is 3. The lowest BCUT2D eigenvalue weighted by atomic mass is 10.0. The lowest BCUT2D eigenvalue weighted by Crippen LogP contribution is -2.20. The molecule has 0 fully saturated rings. The Morgan fingerprint density at radius 1 is 0.964 bits per heavy atom. The fourth-order valence-electron chi connectivity index (χ4n) is 3.33. The first kappa shape index (κ1) is 19.1. The van der Waals surface area contributed by atoms with Gasteiger partial charge in [-0.1, -0.05) is 50.1 Å². The summed E-state index contributed by atoms with van der Waals surface area (Å²) in [6, 6.07) is 16.7. The van der Waals surface area contributed by atoms with E-state index in [4.69, 9.17) is 4.99 Å². The Morgan fingerprint density at radius 3 is 2.68 bits per heavy atom. The minimum absolute atomic E-state index is 0.772. The molecule has 2 aromatic carbocycles. The Bertz CT molecular complexity index is 1070. The van der Waals surface area contributed by atoms with Crippen LogP contribution in [0.4, 0.5) is 5.69 Å². The number of benzodiazepines with no additional fused rings is 1. The Balaban J connectivity index is 1.73. The predicted octanol–water partition coefficient (Wildman–Crippen LogP) is 6.23. The molecule has 0 N–H and O–H groups in total. The molecule has 4 rings (SSSR count). The van der Waals surface area contributed by atoms with E-state index in [2.05, 4.69) is 97.3 Å². The molecule has 0 saturated carbocycles. The second-order valence-corrected chi connectivity index (χ2v) is 8.49. The summed E-state index contributed by atoms with van der Waals surface area (Å²) < 4.78 is 2.14. The minimum atomic E-state index is 0.772. The summed E-state index contributed by atoms with van der Waals surface area (Å²) in [5.41, 5.74) is 6.70. The van der Waals surface area contributed by atoms with Crippen molar-refractivity contribution >= 4 is 49.3 Å². The second-order valence-electron chi connectivity index (χ2n) is 6.66. The van der Waals surface area contributed by atoms with E-state index >= 15 is 0 Å². The number of hydrogen-bond acceptors (Lipinski definition) is 3. The number of nitrogens with zero attached hydrogens (tertiary/aromatic N) is 3.